The zero-order valence-electron chi connectivity index (χ0n) is 19.2. The number of phenolic OH excluding ortho intramolecular Hbond substituents is 1. The van der Waals surface area contributed by atoms with Gasteiger partial charge in [0.25, 0.3) is 5.91 Å². The van der Waals surface area contributed by atoms with Crippen LogP contribution in [0, 0.1) is 5.92 Å². The van der Waals surface area contributed by atoms with Crippen LogP contribution in [0.2, 0.25) is 0 Å². The fraction of sp³-hybridized carbons (Fsp3) is 0.519. The van der Waals surface area contributed by atoms with Crippen molar-refractivity contribution in [3.63, 3.8) is 0 Å². The molecule has 1 saturated carbocycles. The van der Waals surface area contributed by atoms with Crippen LogP contribution in [0.5, 0.6) is 11.5 Å². The summed E-state index contributed by atoms with van der Waals surface area (Å²) in [4.78, 5) is 18.4. The zero-order valence-corrected chi connectivity index (χ0v) is 19.2. The standard InChI is InChI=1S/C27H28N2O5/c1-28-12-11-25-20-17-7-8-18(30)21(20)32-15-33-27-10-9-26(25,19(28)13-17)34-22(23(25)27)24(31)29(27)14-16-5-3-2-4-6-16/h2-8,19,22-23,30H,9-15H2,1H3/t19-,22+,23+,25+,26-,27+/m1/s1. The summed E-state index contributed by atoms with van der Waals surface area (Å²) >= 11 is 0. The van der Waals surface area contributed by atoms with Gasteiger partial charge in [0.15, 0.2) is 24.0 Å². The number of likely N-dealkylation sites (tertiary alicyclic amines) is 2. The van der Waals surface area contributed by atoms with Crippen LogP contribution in [0.3, 0.4) is 0 Å². The largest absolute Gasteiger partial charge is 0.504 e. The first-order valence-corrected chi connectivity index (χ1v) is 12.4. The maximum absolute atomic E-state index is 14.1. The van der Waals surface area contributed by atoms with Crippen LogP contribution in [0.1, 0.15) is 36.0 Å². The average molecular weight is 461 g/mol. The van der Waals surface area contributed by atoms with Gasteiger partial charge in [-0.3, -0.25) is 4.79 Å². The molecule has 1 N–H and O–H groups in total. The first-order chi connectivity index (χ1) is 16.5. The third kappa shape index (κ3) is 1.94. The van der Waals surface area contributed by atoms with Crippen molar-refractivity contribution in [3.05, 3.63) is 59.2 Å². The number of carbonyl (C=O) groups excluding carboxylic acids is 1. The minimum atomic E-state index is -0.782. The number of rotatable bonds is 2. The highest BCUT2D eigenvalue weighted by Gasteiger charge is 2.84. The molecule has 8 rings (SSSR count). The number of phenols is 1. The smallest absolute Gasteiger partial charge is 0.254 e. The van der Waals surface area contributed by atoms with Crippen molar-refractivity contribution in [2.45, 2.75) is 61.1 Å². The highest BCUT2D eigenvalue weighted by atomic mass is 16.7. The Morgan fingerprint density at radius 1 is 1.12 bits per heavy atom. The molecule has 7 nitrogen and oxygen atoms in total. The van der Waals surface area contributed by atoms with E-state index in [0.29, 0.717) is 12.3 Å². The molecule has 2 aromatic rings. The molecule has 0 radical (unpaired) electrons. The van der Waals surface area contributed by atoms with Crippen LogP contribution in [0.4, 0.5) is 0 Å². The van der Waals surface area contributed by atoms with E-state index in [1.165, 1.54) is 5.56 Å². The summed E-state index contributed by atoms with van der Waals surface area (Å²) in [7, 11) is 2.18. The molecule has 1 amide bonds. The van der Waals surface area contributed by atoms with Crippen molar-refractivity contribution in [2.75, 3.05) is 20.4 Å². The monoisotopic (exact) mass is 460 g/mol. The minimum Gasteiger partial charge on any atom is -0.504 e. The summed E-state index contributed by atoms with van der Waals surface area (Å²) < 4.78 is 19.9. The van der Waals surface area contributed by atoms with Gasteiger partial charge in [-0.1, -0.05) is 36.4 Å². The summed E-state index contributed by atoms with van der Waals surface area (Å²) in [6.45, 7) is 1.40. The SMILES string of the molecule is CN1CC[C@@]23c4c5ccc(O)c4OCO[C@]46CC[C@@]2(O[C@H](C(=O)N4Cc2ccccc2)[C@H]63)[C@H]1C5. The topological polar surface area (TPSA) is 71.5 Å². The van der Waals surface area contributed by atoms with Gasteiger partial charge in [0.2, 0.25) is 0 Å². The van der Waals surface area contributed by atoms with Gasteiger partial charge >= 0.3 is 0 Å². The van der Waals surface area contributed by atoms with Crippen molar-refractivity contribution >= 4 is 5.91 Å². The Labute approximate surface area is 198 Å². The van der Waals surface area contributed by atoms with Crippen molar-refractivity contribution in [1.29, 1.82) is 0 Å². The highest BCUT2D eigenvalue weighted by molar-refractivity contribution is 5.87. The van der Waals surface area contributed by atoms with E-state index in [0.717, 1.165) is 43.4 Å². The molecule has 0 unspecified atom stereocenters. The summed E-state index contributed by atoms with van der Waals surface area (Å²) in [6.07, 6.45) is 2.69. The molecule has 5 bridgehead atoms. The number of hydrogen-bond donors (Lipinski definition) is 1. The van der Waals surface area contributed by atoms with Crippen LogP contribution in [-0.4, -0.2) is 64.7 Å². The molecule has 4 fully saturated rings. The van der Waals surface area contributed by atoms with E-state index >= 15 is 0 Å². The second kappa shape index (κ2) is 6.14. The number of nitrogens with zero attached hydrogens (tertiary/aromatic N) is 2. The molecule has 6 aliphatic rings. The highest BCUT2D eigenvalue weighted by Crippen LogP contribution is 2.74. The molecule has 2 aromatic carbocycles. The molecule has 0 aromatic heterocycles. The quantitative estimate of drug-likeness (QED) is 0.743. The summed E-state index contributed by atoms with van der Waals surface area (Å²) in [5.41, 5.74) is 1.66. The fourth-order valence-electron chi connectivity index (χ4n) is 8.80. The lowest BCUT2D eigenvalue weighted by atomic mass is 9.45. The lowest BCUT2D eigenvalue weighted by Crippen LogP contribution is -2.76. The van der Waals surface area contributed by atoms with Crippen molar-refractivity contribution in [3.8, 4) is 11.5 Å². The molecular weight excluding hydrogens is 432 g/mol. The van der Waals surface area contributed by atoms with E-state index in [4.69, 9.17) is 14.2 Å². The van der Waals surface area contributed by atoms with Gasteiger partial charge < -0.3 is 29.1 Å². The van der Waals surface area contributed by atoms with Gasteiger partial charge in [0.1, 0.15) is 6.10 Å². The van der Waals surface area contributed by atoms with Crippen molar-refractivity contribution in [2.24, 2.45) is 5.92 Å². The number of amides is 1. The van der Waals surface area contributed by atoms with E-state index in [9.17, 15) is 9.90 Å². The molecule has 6 atom stereocenters. The second-order valence-corrected chi connectivity index (χ2v) is 10.9. The molecular formula is C27H28N2O5. The van der Waals surface area contributed by atoms with E-state index in [1.54, 1.807) is 6.07 Å². The Morgan fingerprint density at radius 2 is 1.97 bits per heavy atom. The van der Waals surface area contributed by atoms with Crippen LogP contribution < -0.4 is 4.74 Å². The van der Waals surface area contributed by atoms with E-state index in [2.05, 4.69) is 24.1 Å². The Bertz CT molecular complexity index is 1240. The van der Waals surface area contributed by atoms with Gasteiger partial charge in [-0.2, -0.15) is 0 Å². The van der Waals surface area contributed by atoms with Crippen molar-refractivity contribution < 1.29 is 24.1 Å². The number of benzene rings is 2. The number of likely N-dealkylation sites (N-methyl/N-ethyl adjacent to an activating group) is 1. The van der Waals surface area contributed by atoms with Crippen molar-refractivity contribution in [1.82, 2.24) is 9.80 Å². The Kier molecular flexibility index (Phi) is 3.55. The van der Waals surface area contributed by atoms with E-state index < -0.39 is 22.8 Å². The Hall–Kier alpha value is -2.61. The fourth-order valence-corrected chi connectivity index (χ4v) is 8.80. The first-order valence-electron chi connectivity index (χ1n) is 12.4. The molecule has 4 heterocycles. The number of aromatic hydroxyl groups is 1. The van der Waals surface area contributed by atoms with Crippen LogP contribution >= 0.6 is 0 Å². The first kappa shape index (κ1) is 19.7. The minimum absolute atomic E-state index is 0.00177. The molecule has 7 heteroatoms. The number of piperidine rings is 1. The van der Waals surface area contributed by atoms with Gasteiger partial charge in [0, 0.05) is 23.6 Å². The number of carbonyl (C=O) groups is 1. The Balaban J connectivity index is 1.40. The maximum atomic E-state index is 14.1. The normalized spacial score (nSPS) is 41.1. The zero-order chi connectivity index (χ0) is 22.9. The molecule has 2 aliphatic carbocycles. The second-order valence-electron chi connectivity index (χ2n) is 10.9. The summed E-state index contributed by atoms with van der Waals surface area (Å²) in [6, 6.07) is 14.1. The average Bonchev–Trinajstić information content (AvgIpc) is 3.20. The van der Waals surface area contributed by atoms with Crippen LogP contribution in [-0.2, 0) is 32.6 Å². The number of hydrogen-bond acceptors (Lipinski definition) is 6. The molecule has 1 spiro atoms. The lowest BCUT2D eigenvalue weighted by molar-refractivity contribution is -0.258. The van der Waals surface area contributed by atoms with Gasteiger partial charge in [-0.25, -0.2) is 0 Å². The molecule has 34 heavy (non-hydrogen) atoms. The Morgan fingerprint density at radius 3 is 2.82 bits per heavy atom. The third-order valence-corrected chi connectivity index (χ3v) is 9.94. The summed E-state index contributed by atoms with van der Waals surface area (Å²) in [5.74, 6) is 0.559. The van der Waals surface area contributed by atoms with Crippen LogP contribution in [0.15, 0.2) is 42.5 Å². The van der Waals surface area contributed by atoms with Crippen LogP contribution in [0.25, 0.3) is 0 Å². The maximum Gasteiger partial charge on any atom is 0.254 e. The molecule has 3 saturated heterocycles. The molecule has 4 aliphatic heterocycles. The predicted molar refractivity (Wildman–Crippen MR) is 121 cm³/mol. The van der Waals surface area contributed by atoms with E-state index in [-0.39, 0.29) is 30.4 Å². The lowest BCUT2D eigenvalue weighted by Gasteiger charge is -2.66. The van der Waals surface area contributed by atoms with Gasteiger partial charge in [-0.15, -0.1) is 0 Å². The van der Waals surface area contributed by atoms with E-state index in [1.807, 2.05) is 29.2 Å². The third-order valence-electron chi connectivity index (χ3n) is 9.94. The number of ether oxygens (including phenoxy) is 3. The van der Waals surface area contributed by atoms with Gasteiger partial charge in [-0.05, 0) is 56.5 Å². The molecule has 176 valence electrons. The van der Waals surface area contributed by atoms with Gasteiger partial charge in [0.05, 0.1) is 11.5 Å². The predicted octanol–water partition coefficient (Wildman–Crippen LogP) is 2.54. The summed E-state index contributed by atoms with van der Waals surface area (Å²) in [5, 5.41) is 10.9.